The number of unbranched alkanes of at least 4 members (excludes halogenated alkanes) is 10. The van der Waals surface area contributed by atoms with Gasteiger partial charge in [0.25, 0.3) is 0 Å². The molecule has 0 rings (SSSR count). The average Bonchev–Trinajstić information content (AvgIpc) is 2.53. The maximum Gasteiger partial charge on any atom is 0.0571 e. The Bertz CT molecular complexity index is 198. The number of nitrogens with zero attached hydrogens (tertiary/aromatic N) is 1. The molecule has 0 aromatic heterocycles. The number of nitrogens with two attached hydrogens (primary N) is 1. The molecule has 0 aromatic rings. The van der Waals surface area contributed by atoms with Gasteiger partial charge in [0.05, 0.1) is 6.17 Å². The van der Waals surface area contributed by atoms with E-state index in [1.807, 2.05) is 0 Å². The molecular formula is C20H44N2. The lowest BCUT2D eigenvalue weighted by atomic mass is 10.1. The molecule has 0 spiro atoms. The van der Waals surface area contributed by atoms with Gasteiger partial charge in [0.1, 0.15) is 0 Å². The molecular weight excluding hydrogens is 268 g/mol. The van der Waals surface area contributed by atoms with Crippen molar-refractivity contribution in [3.8, 4) is 0 Å². The van der Waals surface area contributed by atoms with Crippen molar-refractivity contribution in [2.24, 2.45) is 5.73 Å². The molecule has 0 aliphatic rings. The minimum atomic E-state index is 0.294. The summed E-state index contributed by atoms with van der Waals surface area (Å²) >= 11 is 0. The first-order chi connectivity index (χ1) is 10.8. The average molecular weight is 313 g/mol. The van der Waals surface area contributed by atoms with Gasteiger partial charge < -0.3 is 5.73 Å². The lowest BCUT2D eigenvalue weighted by molar-refractivity contribution is 0.181. The molecule has 1 unspecified atom stereocenters. The van der Waals surface area contributed by atoms with Crippen LogP contribution in [0.15, 0.2) is 0 Å². The van der Waals surface area contributed by atoms with Gasteiger partial charge in [-0.2, -0.15) is 0 Å². The van der Waals surface area contributed by atoms with Crippen molar-refractivity contribution < 1.29 is 0 Å². The van der Waals surface area contributed by atoms with E-state index in [1.54, 1.807) is 0 Å². The highest BCUT2D eigenvalue weighted by Crippen LogP contribution is 2.13. The van der Waals surface area contributed by atoms with Gasteiger partial charge in [-0.05, 0) is 32.4 Å². The van der Waals surface area contributed by atoms with Crippen LogP contribution in [0.5, 0.6) is 0 Å². The third-order valence-corrected chi connectivity index (χ3v) is 4.67. The summed E-state index contributed by atoms with van der Waals surface area (Å²) in [6.07, 6.45) is 19.2. The quantitative estimate of drug-likeness (QED) is 0.260. The summed E-state index contributed by atoms with van der Waals surface area (Å²) in [4.78, 5) is 2.53. The van der Waals surface area contributed by atoms with E-state index < -0.39 is 0 Å². The van der Waals surface area contributed by atoms with Crippen LogP contribution in [0.2, 0.25) is 0 Å². The molecule has 0 amide bonds. The van der Waals surface area contributed by atoms with Crippen molar-refractivity contribution in [2.45, 2.75) is 117 Å². The highest BCUT2D eigenvalue weighted by molar-refractivity contribution is 4.66. The van der Waals surface area contributed by atoms with Crippen LogP contribution < -0.4 is 5.73 Å². The van der Waals surface area contributed by atoms with Crippen molar-refractivity contribution in [3.63, 3.8) is 0 Å². The fourth-order valence-electron chi connectivity index (χ4n) is 3.01. The molecule has 0 saturated heterocycles. The molecule has 0 aromatic carbocycles. The van der Waals surface area contributed by atoms with E-state index in [0.717, 1.165) is 0 Å². The second-order valence-corrected chi connectivity index (χ2v) is 6.93. The zero-order valence-electron chi connectivity index (χ0n) is 15.9. The SMILES string of the molecule is CCCCCCCCCCCC(N)N(CCCC)CCCC. The zero-order valence-corrected chi connectivity index (χ0v) is 15.9. The molecule has 0 bridgehead atoms. The van der Waals surface area contributed by atoms with Crippen molar-refractivity contribution in [3.05, 3.63) is 0 Å². The fourth-order valence-corrected chi connectivity index (χ4v) is 3.01. The van der Waals surface area contributed by atoms with E-state index in [4.69, 9.17) is 5.73 Å². The van der Waals surface area contributed by atoms with E-state index in [1.165, 1.54) is 103 Å². The van der Waals surface area contributed by atoms with E-state index in [-0.39, 0.29) is 0 Å². The van der Waals surface area contributed by atoms with Gasteiger partial charge in [-0.25, -0.2) is 0 Å². The van der Waals surface area contributed by atoms with Crippen LogP contribution in [0.4, 0.5) is 0 Å². The monoisotopic (exact) mass is 312 g/mol. The van der Waals surface area contributed by atoms with E-state index in [0.29, 0.717) is 6.17 Å². The standard InChI is InChI=1S/C20H44N2/c1-4-7-10-11-12-13-14-15-16-17-20(21)22(18-8-5-2)19-9-6-3/h20H,4-19,21H2,1-3H3. The van der Waals surface area contributed by atoms with Gasteiger partial charge in [0.15, 0.2) is 0 Å². The van der Waals surface area contributed by atoms with E-state index in [2.05, 4.69) is 25.7 Å². The minimum absolute atomic E-state index is 0.294. The summed E-state index contributed by atoms with van der Waals surface area (Å²) in [5.41, 5.74) is 6.42. The third-order valence-electron chi connectivity index (χ3n) is 4.67. The Kier molecular flexibility index (Phi) is 17.2. The van der Waals surface area contributed by atoms with Crippen LogP contribution in [0.3, 0.4) is 0 Å². The van der Waals surface area contributed by atoms with Gasteiger partial charge in [-0.15, -0.1) is 0 Å². The predicted octanol–water partition coefficient (Wildman–Crippen LogP) is 6.09. The maximum atomic E-state index is 6.42. The predicted molar refractivity (Wildman–Crippen MR) is 101 cm³/mol. The van der Waals surface area contributed by atoms with Crippen LogP contribution in [0.1, 0.15) is 111 Å². The van der Waals surface area contributed by atoms with Crippen molar-refractivity contribution in [2.75, 3.05) is 13.1 Å². The molecule has 0 saturated carbocycles. The van der Waals surface area contributed by atoms with E-state index in [9.17, 15) is 0 Å². The molecule has 1 atom stereocenters. The Balaban J connectivity index is 3.59. The first-order valence-electron chi connectivity index (χ1n) is 10.3. The molecule has 22 heavy (non-hydrogen) atoms. The molecule has 0 aliphatic heterocycles. The van der Waals surface area contributed by atoms with E-state index >= 15 is 0 Å². The summed E-state index contributed by atoms with van der Waals surface area (Å²) in [6.45, 7) is 9.20. The lowest BCUT2D eigenvalue weighted by Crippen LogP contribution is -2.43. The van der Waals surface area contributed by atoms with Crippen LogP contribution >= 0.6 is 0 Å². The number of hydrogen-bond acceptors (Lipinski definition) is 2. The molecule has 0 aliphatic carbocycles. The molecule has 2 heteroatoms. The topological polar surface area (TPSA) is 29.3 Å². The molecule has 0 heterocycles. The first-order valence-corrected chi connectivity index (χ1v) is 10.3. The first kappa shape index (κ1) is 21.9. The van der Waals surface area contributed by atoms with Gasteiger partial charge in [-0.3, -0.25) is 4.90 Å². The van der Waals surface area contributed by atoms with Crippen molar-refractivity contribution in [1.82, 2.24) is 4.90 Å². The van der Waals surface area contributed by atoms with Gasteiger partial charge >= 0.3 is 0 Å². The van der Waals surface area contributed by atoms with Crippen LogP contribution in [-0.2, 0) is 0 Å². The van der Waals surface area contributed by atoms with Gasteiger partial charge in [0, 0.05) is 0 Å². The molecule has 0 fully saturated rings. The van der Waals surface area contributed by atoms with Gasteiger partial charge in [-0.1, -0.05) is 91.4 Å². The zero-order chi connectivity index (χ0) is 16.5. The largest absolute Gasteiger partial charge is 0.316 e. The number of rotatable bonds is 17. The summed E-state index contributed by atoms with van der Waals surface area (Å²) in [5, 5.41) is 0. The Morgan fingerprint density at radius 3 is 1.45 bits per heavy atom. The minimum Gasteiger partial charge on any atom is -0.316 e. The molecule has 134 valence electrons. The summed E-state index contributed by atoms with van der Waals surface area (Å²) in [7, 11) is 0. The van der Waals surface area contributed by atoms with Crippen LogP contribution in [0, 0.1) is 0 Å². The smallest absolute Gasteiger partial charge is 0.0571 e. The molecule has 0 radical (unpaired) electrons. The molecule has 2 nitrogen and oxygen atoms in total. The lowest BCUT2D eigenvalue weighted by Gasteiger charge is -2.28. The highest BCUT2D eigenvalue weighted by Gasteiger charge is 2.12. The maximum absolute atomic E-state index is 6.42. The van der Waals surface area contributed by atoms with Gasteiger partial charge in [0.2, 0.25) is 0 Å². The Morgan fingerprint density at radius 1 is 0.591 bits per heavy atom. The van der Waals surface area contributed by atoms with Crippen LogP contribution in [-0.4, -0.2) is 24.2 Å². The summed E-state index contributed by atoms with van der Waals surface area (Å²) in [5.74, 6) is 0. The normalized spacial score (nSPS) is 13.0. The Labute approximate surface area is 141 Å². The Hall–Kier alpha value is -0.0800. The van der Waals surface area contributed by atoms with Crippen LogP contribution in [0.25, 0.3) is 0 Å². The third kappa shape index (κ3) is 13.6. The summed E-state index contributed by atoms with van der Waals surface area (Å²) < 4.78 is 0. The second kappa shape index (κ2) is 17.3. The number of hydrogen-bond donors (Lipinski definition) is 1. The second-order valence-electron chi connectivity index (χ2n) is 6.93. The fraction of sp³-hybridized carbons (Fsp3) is 1.00. The van der Waals surface area contributed by atoms with Crippen molar-refractivity contribution >= 4 is 0 Å². The molecule has 2 N–H and O–H groups in total. The summed E-state index contributed by atoms with van der Waals surface area (Å²) in [6, 6.07) is 0. The van der Waals surface area contributed by atoms with Crippen molar-refractivity contribution in [1.29, 1.82) is 0 Å². The Morgan fingerprint density at radius 2 is 1.00 bits per heavy atom. The highest BCUT2D eigenvalue weighted by atomic mass is 15.2.